The van der Waals surface area contributed by atoms with Crippen molar-refractivity contribution in [3.05, 3.63) is 0 Å². The van der Waals surface area contributed by atoms with Crippen molar-refractivity contribution in [3.8, 4) is 0 Å². The Hall–Kier alpha value is -0.220. The largest absolute Gasteiger partial charge is 0.479 e. The highest BCUT2D eigenvalue weighted by Gasteiger charge is 2.42. The highest BCUT2D eigenvalue weighted by atomic mass is 32.2. The van der Waals surface area contributed by atoms with E-state index in [9.17, 15) is 4.79 Å². The maximum atomic E-state index is 10.9. The first-order valence-corrected chi connectivity index (χ1v) is 6.62. The molecular formula is C11H18O3S. The van der Waals surface area contributed by atoms with E-state index in [1.807, 2.05) is 11.8 Å². The van der Waals surface area contributed by atoms with Gasteiger partial charge in [-0.05, 0) is 44.8 Å². The Balaban J connectivity index is 2.00. The Morgan fingerprint density at radius 1 is 1.47 bits per heavy atom. The predicted molar refractivity (Wildman–Crippen MR) is 60.2 cm³/mol. The topological polar surface area (TPSA) is 46.5 Å². The summed E-state index contributed by atoms with van der Waals surface area (Å²) in [5.41, 5.74) is 0. The van der Waals surface area contributed by atoms with Crippen molar-refractivity contribution in [1.29, 1.82) is 0 Å². The molecule has 0 aromatic carbocycles. The SMILES string of the molecule is CC1(C2CCCC(C(=O)O)O2)CCCS1. The van der Waals surface area contributed by atoms with Crippen molar-refractivity contribution in [3.63, 3.8) is 0 Å². The third-order valence-corrected chi connectivity index (χ3v) is 5.09. The van der Waals surface area contributed by atoms with Gasteiger partial charge in [-0.2, -0.15) is 11.8 Å². The number of carbonyl (C=O) groups is 1. The highest BCUT2D eigenvalue weighted by Crippen LogP contribution is 2.44. The number of carboxylic acids is 1. The maximum Gasteiger partial charge on any atom is 0.332 e. The third-order valence-electron chi connectivity index (χ3n) is 3.47. The molecule has 0 amide bonds. The number of hydrogen-bond acceptors (Lipinski definition) is 3. The lowest BCUT2D eigenvalue weighted by molar-refractivity contribution is -0.160. The van der Waals surface area contributed by atoms with Gasteiger partial charge in [0.2, 0.25) is 0 Å². The van der Waals surface area contributed by atoms with Crippen LogP contribution in [0.4, 0.5) is 0 Å². The molecule has 0 aromatic rings. The molecule has 2 fully saturated rings. The molecule has 0 radical (unpaired) electrons. The van der Waals surface area contributed by atoms with Gasteiger partial charge in [-0.25, -0.2) is 4.79 Å². The van der Waals surface area contributed by atoms with E-state index in [1.165, 1.54) is 12.2 Å². The molecule has 2 heterocycles. The second-order valence-corrected chi connectivity index (χ2v) is 6.28. The van der Waals surface area contributed by atoms with Crippen molar-refractivity contribution >= 4 is 17.7 Å². The van der Waals surface area contributed by atoms with Gasteiger partial charge in [-0.15, -0.1) is 0 Å². The smallest absolute Gasteiger partial charge is 0.332 e. The Morgan fingerprint density at radius 3 is 2.87 bits per heavy atom. The minimum Gasteiger partial charge on any atom is -0.479 e. The molecule has 2 rings (SSSR count). The van der Waals surface area contributed by atoms with E-state index in [4.69, 9.17) is 9.84 Å². The normalized spacial score (nSPS) is 41.7. The molecule has 3 unspecified atom stereocenters. The molecule has 0 saturated carbocycles. The number of thioether (sulfide) groups is 1. The first-order valence-electron chi connectivity index (χ1n) is 5.64. The Morgan fingerprint density at radius 2 is 2.27 bits per heavy atom. The molecule has 3 atom stereocenters. The van der Waals surface area contributed by atoms with Gasteiger partial charge in [0.1, 0.15) is 0 Å². The van der Waals surface area contributed by atoms with Gasteiger partial charge < -0.3 is 9.84 Å². The van der Waals surface area contributed by atoms with Crippen molar-refractivity contribution < 1.29 is 14.6 Å². The minimum atomic E-state index is -0.800. The molecule has 3 nitrogen and oxygen atoms in total. The zero-order valence-corrected chi connectivity index (χ0v) is 9.89. The molecule has 0 bridgehead atoms. The van der Waals surface area contributed by atoms with Crippen LogP contribution in [0, 0.1) is 0 Å². The summed E-state index contributed by atoms with van der Waals surface area (Å²) in [4.78, 5) is 10.9. The molecule has 2 aliphatic heterocycles. The van der Waals surface area contributed by atoms with Gasteiger partial charge in [-0.1, -0.05) is 0 Å². The number of aliphatic carboxylic acids is 1. The molecule has 86 valence electrons. The van der Waals surface area contributed by atoms with Gasteiger partial charge in [0, 0.05) is 4.75 Å². The van der Waals surface area contributed by atoms with E-state index in [1.54, 1.807) is 0 Å². The Bertz CT molecular complexity index is 248. The quantitative estimate of drug-likeness (QED) is 0.790. The van der Waals surface area contributed by atoms with Crippen LogP contribution in [0.2, 0.25) is 0 Å². The second kappa shape index (κ2) is 4.34. The molecular weight excluding hydrogens is 212 g/mol. The van der Waals surface area contributed by atoms with Crippen molar-refractivity contribution in [2.75, 3.05) is 5.75 Å². The average Bonchev–Trinajstić information content (AvgIpc) is 2.67. The van der Waals surface area contributed by atoms with Crippen LogP contribution in [0.25, 0.3) is 0 Å². The first-order chi connectivity index (χ1) is 7.12. The van der Waals surface area contributed by atoms with Crippen LogP contribution in [0.15, 0.2) is 0 Å². The van der Waals surface area contributed by atoms with E-state index >= 15 is 0 Å². The van der Waals surface area contributed by atoms with Crippen molar-refractivity contribution in [2.45, 2.75) is 56.0 Å². The summed E-state index contributed by atoms with van der Waals surface area (Å²) in [6.07, 6.45) is 4.65. The van der Waals surface area contributed by atoms with E-state index in [2.05, 4.69) is 6.92 Å². The number of carboxylic acid groups (broad SMARTS) is 1. The van der Waals surface area contributed by atoms with Gasteiger partial charge in [-0.3, -0.25) is 0 Å². The third kappa shape index (κ3) is 2.31. The first kappa shape index (κ1) is 11.3. The van der Waals surface area contributed by atoms with E-state index in [0.29, 0.717) is 6.42 Å². The lowest BCUT2D eigenvalue weighted by Crippen LogP contribution is -2.44. The summed E-state index contributed by atoms with van der Waals surface area (Å²) in [5.74, 6) is 0.389. The fourth-order valence-electron chi connectivity index (χ4n) is 2.51. The molecule has 1 N–H and O–H groups in total. The summed E-state index contributed by atoms with van der Waals surface area (Å²) >= 11 is 1.95. The molecule has 0 aliphatic carbocycles. The van der Waals surface area contributed by atoms with Crippen LogP contribution < -0.4 is 0 Å². The molecule has 0 aromatic heterocycles. The summed E-state index contributed by atoms with van der Waals surface area (Å²) in [7, 11) is 0. The summed E-state index contributed by atoms with van der Waals surface area (Å²) in [5, 5.41) is 8.95. The fraction of sp³-hybridized carbons (Fsp3) is 0.909. The van der Waals surface area contributed by atoms with Gasteiger partial charge in [0.15, 0.2) is 6.10 Å². The van der Waals surface area contributed by atoms with Crippen LogP contribution in [-0.2, 0) is 9.53 Å². The predicted octanol–water partition coefficient (Wildman–Crippen LogP) is 2.29. The van der Waals surface area contributed by atoms with Gasteiger partial charge >= 0.3 is 5.97 Å². The fourth-order valence-corrected chi connectivity index (χ4v) is 3.91. The summed E-state index contributed by atoms with van der Waals surface area (Å²) < 4.78 is 5.88. The average molecular weight is 230 g/mol. The Kier molecular flexibility index (Phi) is 3.26. The lowest BCUT2D eigenvalue weighted by atomic mass is 9.91. The van der Waals surface area contributed by atoms with Gasteiger partial charge in [0.05, 0.1) is 6.10 Å². The molecule has 15 heavy (non-hydrogen) atoms. The van der Waals surface area contributed by atoms with Crippen LogP contribution >= 0.6 is 11.8 Å². The van der Waals surface area contributed by atoms with E-state index < -0.39 is 12.1 Å². The van der Waals surface area contributed by atoms with E-state index in [0.717, 1.165) is 19.3 Å². The van der Waals surface area contributed by atoms with E-state index in [-0.39, 0.29) is 10.9 Å². The van der Waals surface area contributed by atoms with Crippen molar-refractivity contribution in [2.24, 2.45) is 0 Å². The number of rotatable bonds is 2. The van der Waals surface area contributed by atoms with Crippen LogP contribution in [-0.4, -0.2) is 33.8 Å². The Labute approximate surface area is 94.6 Å². The summed E-state index contributed by atoms with van der Waals surface area (Å²) in [6, 6.07) is 0. The molecule has 0 spiro atoms. The second-order valence-electron chi connectivity index (χ2n) is 4.65. The number of ether oxygens (including phenoxy) is 1. The van der Waals surface area contributed by atoms with Crippen LogP contribution in [0.5, 0.6) is 0 Å². The van der Waals surface area contributed by atoms with Crippen LogP contribution in [0.3, 0.4) is 0 Å². The molecule has 2 saturated heterocycles. The van der Waals surface area contributed by atoms with Crippen molar-refractivity contribution in [1.82, 2.24) is 0 Å². The summed E-state index contributed by atoms with van der Waals surface area (Å²) in [6.45, 7) is 2.22. The minimum absolute atomic E-state index is 0.139. The van der Waals surface area contributed by atoms with Crippen LogP contribution in [0.1, 0.15) is 39.0 Å². The lowest BCUT2D eigenvalue weighted by Gasteiger charge is -2.38. The maximum absolute atomic E-state index is 10.9. The molecule has 2 aliphatic rings. The standard InChI is InChI=1S/C11H18O3S/c1-11(6-3-7-15-11)9-5-2-4-8(14-9)10(12)13/h8-9H,2-7H2,1H3,(H,12,13). The number of hydrogen-bond donors (Lipinski definition) is 1. The monoisotopic (exact) mass is 230 g/mol. The highest BCUT2D eigenvalue weighted by molar-refractivity contribution is 8.00. The zero-order valence-electron chi connectivity index (χ0n) is 9.07. The molecule has 4 heteroatoms. The van der Waals surface area contributed by atoms with Gasteiger partial charge in [0.25, 0.3) is 0 Å². The zero-order chi connectivity index (χ0) is 10.9.